The van der Waals surface area contributed by atoms with Gasteiger partial charge in [-0.05, 0) is 24.6 Å². The number of carbonyl (C=O) groups is 1. The number of nitrogens with one attached hydrogen (secondary N) is 1. The first kappa shape index (κ1) is 12.1. The fourth-order valence-corrected chi connectivity index (χ4v) is 2.12. The summed E-state index contributed by atoms with van der Waals surface area (Å²) < 4.78 is 0. The second kappa shape index (κ2) is 4.85. The molecule has 0 spiro atoms. The Labute approximate surface area is 107 Å². The van der Waals surface area contributed by atoms with Crippen molar-refractivity contribution in [3.05, 3.63) is 40.5 Å². The van der Waals surface area contributed by atoms with Crippen LogP contribution in [-0.2, 0) is 0 Å². The number of aromatic nitrogens is 1. The summed E-state index contributed by atoms with van der Waals surface area (Å²) in [5, 5.41) is 21.3. The van der Waals surface area contributed by atoms with E-state index < -0.39 is 5.97 Å². The Bertz CT molecular complexity index is 643. The molecule has 5 nitrogen and oxygen atoms in total. The van der Waals surface area contributed by atoms with Gasteiger partial charge < -0.3 is 10.4 Å². The van der Waals surface area contributed by atoms with Crippen LogP contribution in [0.5, 0.6) is 0 Å². The molecule has 0 aliphatic rings. The molecule has 0 radical (unpaired) electrons. The van der Waals surface area contributed by atoms with Gasteiger partial charge in [0.15, 0.2) is 5.69 Å². The highest BCUT2D eigenvalue weighted by molar-refractivity contribution is 7.14. The average molecular weight is 259 g/mol. The monoisotopic (exact) mass is 259 g/mol. The fourth-order valence-electron chi connectivity index (χ4n) is 1.44. The molecule has 0 aliphatic carbocycles. The Morgan fingerprint density at radius 2 is 2.33 bits per heavy atom. The van der Waals surface area contributed by atoms with Gasteiger partial charge >= 0.3 is 5.97 Å². The van der Waals surface area contributed by atoms with Gasteiger partial charge in [0, 0.05) is 5.69 Å². The number of aryl methyl sites for hydroxylation is 1. The van der Waals surface area contributed by atoms with E-state index in [2.05, 4.69) is 10.3 Å². The van der Waals surface area contributed by atoms with Crippen molar-refractivity contribution in [2.24, 2.45) is 0 Å². The van der Waals surface area contributed by atoms with Crippen LogP contribution in [-0.4, -0.2) is 16.1 Å². The maximum absolute atomic E-state index is 10.9. The van der Waals surface area contributed by atoms with E-state index in [0.29, 0.717) is 16.3 Å². The standard InChI is InChI=1S/C12H9N3O2S/c1-7-2-3-8(5-13)4-9(7)15-11-10(12(16)17)14-6-18-11/h2-4,6,15H,1H3,(H,16,17). The lowest BCUT2D eigenvalue weighted by atomic mass is 10.1. The van der Waals surface area contributed by atoms with Crippen LogP contribution in [0, 0.1) is 18.3 Å². The Kier molecular flexibility index (Phi) is 3.26. The Morgan fingerprint density at radius 3 is 3.00 bits per heavy atom. The van der Waals surface area contributed by atoms with Crippen LogP contribution in [0.4, 0.5) is 10.7 Å². The summed E-state index contributed by atoms with van der Waals surface area (Å²) in [5.41, 5.74) is 3.61. The normalized spacial score (nSPS) is 9.78. The average Bonchev–Trinajstić information content (AvgIpc) is 2.80. The van der Waals surface area contributed by atoms with Crippen molar-refractivity contribution < 1.29 is 9.90 Å². The molecule has 0 fully saturated rings. The van der Waals surface area contributed by atoms with Crippen LogP contribution in [0.2, 0.25) is 0 Å². The minimum Gasteiger partial charge on any atom is -0.476 e. The summed E-state index contributed by atoms with van der Waals surface area (Å²) in [6.45, 7) is 1.88. The van der Waals surface area contributed by atoms with Gasteiger partial charge in [-0.15, -0.1) is 11.3 Å². The highest BCUT2D eigenvalue weighted by atomic mass is 32.1. The number of anilines is 2. The summed E-state index contributed by atoms with van der Waals surface area (Å²) in [5.74, 6) is -1.08. The van der Waals surface area contributed by atoms with Gasteiger partial charge in [0.1, 0.15) is 5.00 Å². The maximum Gasteiger partial charge on any atom is 0.357 e. The van der Waals surface area contributed by atoms with E-state index in [4.69, 9.17) is 10.4 Å². The number of aromatic carboxylic acids is 1. The largest absolute Gasteiger partial charge is 0.476 e. The zero-order valence-corrected chi connectivity index (χ0v) is 10.3. The number of hydrogen-bond acceptors (Lipinski definition) is 5. The predicted octanol–water partition coefficient (Wildman–Crippen LogP) is 2.77. The van der Waals surface area contributed by atoms with E-state index in [9.17, 15) is 4.79 Å². The molecule has 0 saturated carbocycles. The number of nitrogens with zero attached hydrogens (tertiary/aromatic N) is 2. The van der Waals surface area contributed by atoms with E-state index in [-0.39, 0.29) is 5.69 Å². The lowest BCUT2D eigenvalue weighted by Crippen LogP contribution is -2.02. The first-order valence-corrected chi connectivity index (χ1v) is 5.94. The van der Waals surface area contributed by atoms with Crippen molar-refractivity contribution >= 4 is 28.0 Å². The minimum atomic E-state index is -1.08. The smallest absolute Gasteiger partial charge is 0.357 e. The van der Waals surface area contributed by atoms with Gasteiger partial charge in [-0.2, -0.15) is 5.26 Å². The number of carboxylic acids is 1. The second-order valence-corrected chi connectivity index (χ2v) is 4.46. The molecule has 1 aromatic carbocycles. The zero-order valence-electron chi connectivity index (χ0n) is 9.47. The molecule has 0 unspecified atom stereocenters. The Balaban J connectivity index is 2.37. The lowest BCUT2D eigenvalue weighted by Gasteiger charge is -2.08. The Hall–Kier alpha value is -2.39. The molecule has 0 atom stereocenters. The van der Waals surface area contributed by atoms with Gasteiger partial charge in [-0.3, -0.25) is 0 Å². The summed E-state index contributed by atoms with van der Waals surface area (Å²) in [7, 11) is 0. The van der Waals surface area contributed by atoms with E-state index in [1.165, 1.54) is 16.8 Å². The second-order valence-electron chi connectivity index (χ2n) is 3.60. The van der Waals surface area contributed by atoms with E-state index in [1.54, 1.807) is 12.1 Å². The SMILES string of the molecule is Cc1ccc(C#N)cc1Nc1scnc1C(=O)O. The molecule has 2 aromatic rings. The molecule has 6 heteroatoms. The molecule has 2 rings (SSSR count). The van der Waals surface area contributed by atoms with Gasteiger partial charge in [-0.25, -0.2) is 9.78 Å². The topological polar surface area (TPSA) is 86.0 Å². The van der Waals surface area contributed by atoms with Gasteiger partial charge in [-0.1, -0.05) is 6.07 Å². The number of hydrogen-bond donors (Lipinski definition) is 2. The molecule has 1 heterocycles. The van der Waals surface area contributed by atoms with E-state index in [1.807, 2.05) is 19.1 Å². The summed E-state index contributed by atoms with van der Waals surface area (Å²) in [6.07, 6.45) is 0. The third-order valence-electron chi connectivity index (χ3n) is 2.38. The van der Waals surface area contributed by atoms with Crippen LogP contribution in [0.1, 0.15) is 21.6 Å². The first-order chi connectivity index (χ1) is 8.61. The Morgan fingerprint density at radius 1 is 1.56 bits per heavy atom. The molecule has 2 N–H and O–H groups in total. The number of thiazole rings is 1. The third-order valence-corrected chi connectivity index (χ3v) is 3.13. The van der Waals surface area contributed by atoms with Crippen molar-refractivity contribution in [1.82, 2.24) is 4.98 Å². The quantitative estimate of drug-likeness (QED) is 0.885. The van der Waals surface area contributed by atoms with Crippen LogP contribution in [0.3, 0.4) is 0 Å². The molecule has 90 valence electrons. The van der Waals surface area contributed by atoms with Gasteiger partial charge in [0.2, 0.25) is 0 Å². The third kappa shape index (κ3) is 2.31. The molecule has 0 saturated heterocycles. The maximum atomic E-state index is 10.9. The first-order valence-electron chi connectivity index (χ1n) is 5.06. The number of rotatable bonds is 3. The molecular formula is C12H9N3O2S. The molecule has 0 aliphatic heterocycles. The number of carboxylic acid groups (broad SMARTS) is 1. The van der Waals surface area contributed by atoms with Crippen molar-refractivity contribution in [2.45, 2.75) is 6.92 Å². The van der Waals surface area contributed by atoms with Crippen molar-refractivity contribution in [2.75, 3.05) is 5.32 Å². The zero-order chi connectivity index (χ0) is 13.1. The number of nitriles is 1. The van der Waals surface area contributed by atoms with Crippen molar-refractivity contribution in [3.63, 3.8) is 0 Å². The van der Waals surface area contributed by atoms with Crippen LogP contribution in [0.15, 0.2) is 23.7 Å². The molecule has 1 aromatic heterocycles. The fraction of sp³-hybridized carbons (Fsp3) is 0.0833. The van der Waals surface area contributed by atoms with E-state index >= 15 is 0 Å². The van der Waals surface area contributed by atoms with Crippen molar-refractivity contribution in [1.29, 1.82) is 5.26 Å². The summed E-state index contributed by atoms with van der Waals surface area (Å²) in [6, 6.07) is 7.25. The van der Waals surface area contributed by atoms with Crippen molar-refractivity contribution in [3.8, 4) is 6.07 Å². The van der Waals surface area contributed by atoms with Crippen LogP contribution >= 0.6 is 11.3 Å². The van der Waals surface area contributed by atoms with Gasteiger partial charge in [0.05, 0.1) is 17.1 Å². The minimum absolute atomic E-state index is 0.0123. The van der Waals surface area contributed by atoms with Crippen LogP contribution < -0.4 is 5.32 Å². The molecule has 18 heavy (non-hydrogen) atoms. The number of benzene rings is 1. The predicted molar refractivity (Wildman–Crippen MR) is 68.3 cm³/mol. The molecular weight excluding hydrogens is 250 g/mol. The summed E-state index contributed by atoms with van der Waals surface area (Å²) >= 11 is 1.21. The highest BCUT2D eigenvalue weighted by Crippen LogP contribution is 2.27. The van der Waals surface area contributed by atoms with Gasteiger partial charge in [0.25, 0.3) is 0 Å². The highest BCUT2D eigenvalue weighted by Gasteiger charge is 2.14. The molecule has 0 bridgehead atoms. The molecule has 0 amide bonds. The van der Waals surface area contributed by atoms with E-state index in [0.717, 1.165) is 5.56 Å². The summed E-state index contributed by atoms with van der Waals surface area (Å²) in [4.78, 5) is 14.7. The van der Waals surface area contributed by atoms with Crippen LogP contribution in [0.25, 0.3) is 0 Å². The lowest BCUT2D eigenvalue weighted by molar-refractivity contribution is 0.0692.